The normalized spacial score (nSPS) is 53.9. The van der Waals surface area contributed by atoms with E-state index < -0.39 is 18.3 Å². The molecule has 2 bridgehead atoms. The van der Waals surface area contributed by atoms with Crippen LogP contribution in [-0.2, 0) is 4.74 Å². The van der Waals surface area contributed by atoms with Crippen LogP contribution in [-0.4, -0.2) is 34.1 Å². The number of fused-ring (bicyclic) bond motifs is 4. The maximum Gasteiger partial charge on any atom is 0.114 e. The Morgan fingerprint density at radius 2 is 1.94 bits per heavy atom. The van der Waals surface area contributed by atoms with Gasteiger partial charge in [0.25, 0.3) is 0 Å². The van der Waals surface area contributed by atoms with Crippen molar-refractivity contribution in [1.29, 1.82) is 0 Å². The highest BCUT2D eigenvalue weighted by atomic mass is 16.5. The molecule has 0 aromatic rings. The van der Waals surface area contributed by atoms with Crippen LogP contribution in [0, 0.1) is 17.3 Å². The van der Waals surface area contributed by atoms with E-state index in [1.54, 1.807) is 0 Å². The van der Waals surface area contributed by atoms with E-state index in [1.165, 1.54) is 0 Å². The van der Waals surface area contributed by atoms with Crippen molar-refractivity contribution >= 4 is 0 Å². The van der Waals surface area contributed by atoms with Gasteiger partial charge in [0.2, 0.25) is 0 Å². The molecule has 6 atom stereocenters. The van der Waals surface area contributed by atoms with Crippen molar-refractivity contribution < 1.29 is 14.9 Å². The largest absolute Gasteiger partial charge is 0.390 e. The van der Waals surface area contributed by atoms with Gasteiger partial charge in [0.15, 0.2) is 0 Å². The maximum absolute atomic E-state index is 10.5. The molecule has 1 heterocycles. The lowest BCUT2D eigenvalue weighted by atomic mass is 9.52. The molecule has 1 saturated heterocycles. The van der Waals surface area contributed by atoms with E-state index >= 15 is 0 Å². The van der Waals surface area contributed by atoms with E-state index in [4.69, 9.17) is 4.74 Å². The van der Waals surface area contributed by atoms with Gasteiger partial charge < -0.3 is 14.9 Å². The number of ether oxygens (including phenoxy) is 1. The highest BCUT2D eigenvalue weighted by Crippen LogP contribution is 2.61. The van der Waals surface area contributed by atoms with Crippen molar-refractivity contribution in [3.05, 3.63) is 11.6 Å². The second-order valence-corrected chi connectivity index (χ2v) is 7.02. The molecule has 2 aliphatic carbocycles. The minimum absolute atomic E-state index is 0.0694. The van der Waals surface area contributed by atoms with E-state index in [9.17, 15) is 10.2 Å². The third kappa shape index (κ3) is 1.30. The molecule has 3 rings (SSSR count). The molecule has 0 aromatic heterocycles. The first kappa shape index (κ1) is 12.6. The number of aliphatic hydroxyl groups excluding tert-OH is 2. The summed E-state index contributed by atoms with van der Waals surface area (Å²) in [6, 6.07) is 0. The van der Waals surface area contributed by atoms with Gasteiger partial charge >= 0.3 is 0 Å². The summed E-state index contributed by atoms with van der Waals surface area (Å²) in [4.78, 5) is 0. The topological polar surface area (TPSA) is 49.7 Å². The van der Waals surface area contributed by atoms with E-state index in [0.717, 1.165) is 18.4 Å². The van der Waals surface area contributed by atoms with Crippen LogP contribution in [0.5, 0.6) is 0 Å². The van der Waals surface area contributed by atoms with E-state index in [2.05, 4.69) is 19.9 Å². The highest BCUT2D eigenvalue weighted by molar-refractivity contribution is 5.33. The molecule has 3 aliphatic rings. The van der Waals surface area contributed by atoms with Gasteiger partial charge in [0, 0.05) is 11.3 Å². The second-order valence-electron chi connectivity index (χ2n) is 7.02. The summed E-state index contributed by atoms with van der Waals surface area (Å²) < 4.78 is 5.96. The van der Waals surface area contributed by atoms with Gasteiger partial charge in [-0.2, -0.15) is 0 Å². The predicted octanol–water partition coefficient (Wildman–Crippen LogP) is 1.88. The number of aliphatic hydroxyl groups is 2. The van der Waals surface area contributed by atoms with Gasteiger partial charge in [-0.15, -0.1) is 0 Å². The lowest BCUT2D eigenvalue weighted by Gasteiger charge is -2.53. The van der Waals surface area contributed by atoms with Crippen molar-refractivity contribution in [1.82, 2.24) is 0 Å². The Balaban J connectivity index is 2.17. The quantitative estimate of drug-likeness (QED) is 0.647. The third-order valence-electron chi connectivity index (χ3n) is 5.75. The molecular weight excluding hydrogens is 228 g/mol. The van der Waals surface area contributed by atoms with Crippen LogP contribution in [0.4, 0.5) is 0 Å². The lowest BCUT2D eigenvalue weighted by Crippen LogP contribution is -2.57. The first-order valence-electron chi connectivity index (χ1n) is 7.04. The molecule has 1 saturated carbocycles. The summed E-state index contributed by atoms with van der Waals surface area (Å²) in [5.74, 6) is 0.536. The molecular formula is C15H24O3. The van der Waals surface area contributed by atoms with E-state index in [0.29, 0.717) is 5.92 Å². The molecule has 2 N–H and O–H groups in total. The van der Waals surface area contributed by atoms with E-state index in [-0.39, 0.29) is 16.9 Å². The Hall–Kier alpha value is -0.380. The fraction of sp³-hybridized carbons (Fsp3) is 0.867. The molecule has 6 unspecified atom stereocenters. The Labute approximate surface area is 109 Å². The van der Waals surface area contributed by atoms with Crippen LogP contribution in [0.2, 0.25) is 0 Å². The van der Waals surface area contributed by atoms with Crippen molar-refractivity contribution in [3.63, 3.8) is 0 Å². The lowest BCUT2D eigenvalue weighted by molar-refractivity contribution is -0.0813. The Morgan fingerprint density at radius 1 is 1.28 bits per heavy atom. The monoisotopic (exact) mass is 252 g/mol. The molecule has 102 valence electrons. The van der Waals surface area contributed by atoms with Crippen LogP contribution in [0.15, 0.2) is 11.6 Å². The van der Waals surface area contributed by atoms with E-state index in [1.807, 2.05) is 13.8 Å². The molecule has 1 aliphatic heterocycles. The minimum atomic E-state index is -0.647. The maximum atomic E-state index is 10.5. The van der Waals surface area contributed by atoms with Gasteiger partial charge in [0.05, 0.1) is 11.7 Å². The van der Waals surface area contributed by atoms with Crippen LogP contribution in [0.3, 0.4) is 0 Å². The standard InChI is InChI=1S/C15H24O3/c1-8-6-5-7-9-10(16)12-11(17)13(15(8,9)4)14(2,3)18-12/h7-8,10-13,16-17H,5-6H2,1-4H3. The van der Waals surface area contributed by atoms with Gasteiger partial charge in [0.1, 0.15) is 12.2 Å². The molecule has 3 nitrogen and oxygen atoms in total. The number of hydrogen-bond donors (Lipinski definition) is 2. The second kappa shape index (κ2) is 3.59. The molecule has 2 fully saturated rings. The first-order chi connectivity index (χ1) is 8.30. The van der Waals surface area contributed by atoms with Crippen molar-refractivity contribution in [2.75, 3.05) is 0 Å². The Morgan fingerprint density at radius 3 is 2.61 bits per heavy atom. The molecule has 0 aromatic carbocycles. The van der Waals surface area contributed by atoms with Crippen molar-refractivity contribution in [3.8, 4) is 0 Å². The van der Waals surface area contributed by atoms with Crippen LogP contribution in [0.1, 0.15) is 40.5 Å². The van der Waals surface area contributed by atoms with Gasteiger partial charge in [-0.1, -0.05) is 19.9 Å². The summed E-state index contributed by atoms with van der Waals surface area (Å²) in [5.41, 5.74) is 0.585. The summed E-state index contributed by atoms with van der Waals surface area (Å²) >= 11 is 0. The summed E-state index contributed by atoms with van der Waals surface area (Å²) in [7, 11) is 0. The summed E-state index contributed by atoms with van der Waals surface area (Å²) in [6.45, 7) is 8.53. The minimum Gasteiger partial charge on any atom is -0.390 e. The third-order valence-corrected chi connectivity index (χ3v) is 5.75. The van der Waals surface area contributed by atoms with Crippen molar-refractivity contribution in [2.24, 2.45) is 17.3 Å². The van der Waals surface area contributed by atoms with Gasteiger partial charge in [-0.05, 0) is 38.2 Å². The van der Waals surface area contributed by atoms with Crippen molar-refractivity contribution in [2.45, 2.75) is 64.4 Å². The number of hydrogen-bond acceptors (Lipinski definition) is 3. The fourth-order valence-corrected chi connectivity index (χ4v) is 4.82. The first-order valence-corrected chi connectivity index (χ1v) is 7.04. The van der Waals surface area contributed by atoms with Gasteiger partial charge in [-0.25, -0.2) is 0 Å². The number of rotatable bonds is 0. The fourth-order valence-electron chi connectivity index (χ4n) is 4.82. The average molecular weight is 252 g/mol. The highest BCUT2D eigenvalue weighted by Gasteiger charge is 2.66. The van der Waals surface area contributed by atoms with Crippen LogP contribution >= 0.6 is 0 Å². The predicted molar refractivity (Wildman–Crippen MR) is 69.0 cm³/mol. The van der Waals surface area contributed by atoms with Gasteiger partial charge in [-0.3, -0.25) is 0 Å². The smallest absolute Gasteiger partial charge is 0.114 e. The summed E-state index contributed by atoms with van der Waals surface area (Å²) in [5, 5.41) is 21.0. The zero-order valence-electron chi connectivity index (χ0n) is 11.7. The van der Waals surface area contributed by atoms with Crippen LogP contribution in [0.25, 0.3) is 0 Å². The average Bonchev–Trinajstić information content (AvgIpc) is 2.47. The molecule has 0 amide bonds. The zero-order valence-corrected chi connectivity index (χ0v) is 11.7. The zero-order chi connectivity index (χ0) is 13.3. The molecule has 0 spiro atoms. The van der Waals surface area contributed by atoms with Crippen LogP contribution < -0.4 is 0 Å². The summed E-state index contributed by atoms with van der Waals surface area (Å²) in [6.07, 6.45) is 2.68. The molecule has 3 heteroatoms. The molecule has 18 heavy (non-hydrogen) atoms. The SMILES string of the molecule is CC1CCC=C2C(O)C3OC(C)(C)C(C3O)C21C. The number of allylic oxidation sites excluding steroid dienone is 1. The molecule has 0 radical (unpaired) electrons. The Bertz CT molecular complexity index is 401. The Kier molecular flexibility index (Phi) is 2.52.